The van der Waals surface area contributed by atoms with Gasteiger partial charge in [0.25, 0.3) is 5.69 Å². The highest BCUT2D eigenvalue weighted by Crippen LogP contribution is 2.33. The Hall–Kier alpha value is -0.960. The third-order valence-electron chi connectivity index (χ3n) is 2.44. The largest absolute Gasteiger partial charge is 0.484 e. The van der Waals surface area contributed by atoms with E-state index in [-0.39, 0.29) is 28.8 Å². The molecule has 1 aromatic heterocycles. The number of thiophene rings is 1. The van der Waals surface area contributed by atoms with E-state index in [1.54, 1.807) is 6.07 Å². The van der Waals surface area contributed by atoms with Crippen molar-refractivity contribution in [3.8, 4) is 5.75 Å². The fourth-order valence-corrected chi connectivity index (χ4v) is 4.50. The number of ether oxygens (including phenoxy) is 1. The Kier molecular flexibility index (Phi) is 5.37. The second kappa shape index (κ2) is 6.87. The van der Waals surface area contributed by atoms with Gasteiger partial charge in [0.15, 0.2) is 6.61 Å². The van der Waals surface area contributed by atoms with Gasteiger partial charge < -0.3 is 4.74 Å². The number of nitro benzene ring substituents is 1. The molecule has 21 heavy (non-hydrogen) atoms. The van der Waals surface area contributed by atoms with Gasteiger partial charge in [0, 0.05) is 11.6 Å². The van der Waals surface area contributed by atoms with Gasteiger partial charge in [-0.2, -0.15) is 0 Å². The lowest BCUT2D eigenvalue weighted by Crippen LogP contribution is -2.11. The molecule has 0 fully saturated rings. The Bertz CT molecular complexity index is 719. The van der Waals surface area contributed by atoms with Crippen molar-refractivity contribution in [2.75, 3.05) is 6.61 Å². The molecule has 0 saturated heterocycles. The van der Waals surface area contributed by atoms with Crippen molar-refractivity contribution in [1.82, 2.24) is 0 Å². The predicted octanol–water partition coefficient (Wildman–Crippen LogP) is 5.10. The zero-order chi connectivity index (χ0) is 15.6. The predicted molar refractivity (Wildman–Crippen MR) is 87.7 cm³/mol. The molecule has 2 rings (SSSR count). The Morgan fingerprint density at radius 1 is 1.38 bits per heavy atom. The molecule has 110 valence electrons. The van der Waals surface area contributed by atoms with Crippen molar-refractivity contribution in [1.29, 1.82) is 0 Å². The maximum atomic E-state index is 12.0. The monoisotopic (exact) mass is 453 g/mol. The van der Waals surface area contributed by atoms with Crippen LogP contribution >= 0.6 is 54.8 Å². The molecule has 1 heterocycles. The van der Waals surface area contributed by atoms with Crippen LogP contribution in [0.4, 0.5) is 5.69 Å². The van der Waals surface area contributed by atoms with Gasteiger partial charge in [0.2, 0.25) is 5.78 Å². The molecule has 2 aromatic rings. The number of ketones is 1. The zero-order valence-corrected chi connectivity index (χ0v) is 14.9. The highest BCUT2D eigenvalue weighted by atomic mass is 79.9. The fraction of sp³-hybridized carbons (Fsp3) is 0.0833. The first-order valence-corrected chi connectivity index (χ1v) is 8.21. The van der Waals surface area contributed by atoms with Crippen molar-refractivity contribution < 1.29 is 14.5 Å². The van der Waals surface area contributed by atoms with E-state index >= 15 is 0 Å². The van der Waals surface area contributed by atoms with Crippen molar-refractivity contribution in [3.05, 3.63) is 52.5 Å². The van der Waals surface area contributed by atoms with Gasteiger partial charge in [-0.3, -0.25) is 14.9 Å². The maximum Gasteiger partial charge on any atom is 0.273 e. The molecule has 9 heteroatoms. The Labute approximate surface area is 145 Å². The van der Waals surface area contributed by atoms with Crippen LogP contribution in [0.2, 0.25) is 5.02 Å². The molecular weight excluding hydrogens is 449 g/mol. The van der Waals surface area contributed by atoms with E-state index in [1.807, 2.05) is 0 Å². The summed E-state index contributed by atoms with van der Waals surface area (Å²) in [5.74, 6) is -0.156. The highest BCUT2D eigenvalue weighted by Gasteiger charge is 2.16. The number of Topliss-reactive ketones (excluding diaryl/α,β-unsaturated/α-hetero) is 1. The van der Waals surface area contributed by atoms with Crippen molar-refractivity contribution in [2.45, 2.75) is 0 Å². The van der Waals surface area contributed by atoms with Crippen LogP contribution < -0.4 is 4.74 Å². The maximum absolute atomic E-state index is 12.0. The number of non-ortho nitro benzene ring substituents is 1. The van der Waals surface area contributed by atoms with E-state index in [0.717, 1.165) is 3.79 Å². The number of rotatable bonds is 5. The van der Waals surface area contributed by atoms with E-state index in [2.05, 4.69) is 31.9 Å². The second-order valence-corrected chi connectivity index (χ2v) is 7.98. The summed E-state index contributed by atoms with van der Waals surface area (Å²) in [6, 6.07) is 5.49. The molecule has 5 nitrogen and oxygen atoms in total. The number of benzene rings is 1. The molecule has 0 bridgehead atoms. The number of carbonyl (C=O) groups excluding carboxylic acids is 1. The molecule has 0 radical (unpaired) electrons. The summed E-state index contributed by atoms with van der Waals surface area (Å²) in [6.45, 7) is -0.261. The van der Waals surface area contributed by atoms with Crippen molar-refractivity contribution in [2.24, 2.45) is 0 Å². The smallest absolute Gasteiger partial charge is 0.273 e. The topological polar surface area (TPSA) is 69.4 Å². The highest BCUT2D eigenvalue weighted by molar-refractivity contribution is 9.12. The Morgan fingerprint density at radius 2 is 2.10 bits per heavy atom. The molecule has 0 saturated carbocycles. The quantitative estimate of drug-likeness (QED) is 0.358. The normalized spacial score (nSPS) is 10.4. The molecular formula is C12H6Br2ClNO4S. The molecule has 0 spiro atoms. The van der Waals surface area contributed by atoms with Crippen LogP contribution in [0.5, 0.6) is 5.75 Å². The van der Waals surface area contributed by atoms with Crippen LogP contribution in [0, 0.1) is 10.1 Å². The van der Waals surface area contributed by atoms with Gasteiger partial charge >= 0.3 is 0 Å². The van der Waals surface area contributed by atoms with E-state index in [1.165, 1.54) is 29.5 Å². The minimum absolute atomic E-state index is 0.102. The third-order valence-corrected chi connectivity index (χ3v) is 5.09. The number of halogens is 3. The first-order chi connectivity index (χ1) is 9.88. The molecule has 0 N–H and O–H groups in total. The number of nitrogens with zero attached hydrogens (tertiary/aromatic N) is 1. The molecule has 0 aliphatic heterocycles. The van der Waals surface area contributed by atoms with Gasteiger partial charge in [-0.15, -0.1) is 11.3 Å². The lowest BCUT2D eigenvalue weighted by molar-refractivity contribution is -0.384. The Morgan fingerprint density at radius 3 is 2.67 bits per heavy atom. The zero-order valence-electron chi connectivity index (χ0n) is 10.1. The number of nitro groups is 1. The summed E-state index contributed by atoms with van der Waals surface area (Å²) in [5, 5.41) is 10.9. The summed E-state index contributed by atoms with van der Waals surface area (Å²) in [6.07, 6.45) is 0. The summed E-state index contributed by atoms with van der Waals surface area (Å²) >= 11 is 13.8. The van der Waals surface area contributed by atoms with Gasteiger partial charge in [0.05, 0.1) is 23.6 Å². The summed E-state index contributed by atoms with van der Waals surface area (Å²) in [4.78, 5) is 22.2. The average Bonchev–Trinajstić information content (AvgIpc) is 2.76. The van der Waals surface area contributed by atoms with Gasteiger partial charge in [-0.05, 0) is 44.0 Å². The van der Waals surface area contributed by atoms with Crippen LogP contribution in [-0.2, 0) is 0 Å². The van der Waals surface area contributed by atoms with Crippen LogP contribution in [0.25, 0.3) is 0 Å². The Balaban J connectivity index is 2.13. The standard InChI is InChI=1S/C12H6Br2ClNO4S/c13-11-4-7(12(14)21-11)9(17)5-20-10-3-6(16(18)19)1-2-8(10)15/h1-4H,5H2. The average molecular weight is 456 g/mol. The van der Waals surface area contributed by atoms with Crippen LogP contribution in [0.1, 0.15) is 10.4 Å². The van der Waals surface area contributed by atoms with E-state index in [4.69, 9.17) is 16.3 Å². The van der Waals surface area contributed by atoms with Crippen molar-refractivity contribution >= 4 is 66.3 Å². The third kappa shape index (κ3) is 4.03. The van der Waals surface area contributed by atoms with E-state index < -0.39 is 4.92 Å². The first-order valence-electron chi connectivity index (χ1n) is 5.43. The summed E-state index contributed by atoms with van der Waals surface area (Å²) < 4.78 is 6.79. The second-order valence-electron chi connectivity index (χ2n) is 3.82. The summed E-state index contributed by atoms with van der Waals surface area (Å²) in [7, 11) is 0. The van der Waals surface area contributed by atoms with Crippen LogP contribution in [0.3, 0.4) is 0 Å². The molecule has 0 aliphatic carbocycles. The molecule has 0 unspecified atom stereocenters. The van der Waals surface area contributed by atoms with Crippen LogP contribution in [0.15, 0.2) is 31.8 Å². The number of hydrogen-bond acceptors (Lipinski definition) is 5. The lowest BCUT2D eigenvalue weighted by atomic mass is 10.2. The van der Waals surface area contributed by atoms with E-state index in [0.29, 0.717) is 9.35 Å². The lowest BCUT2D eigenvalue weighted by Gasteiger charge is -2.06. The van der Waals surface area contributed by atoms with Gasteiger partial charge in [0.1, 0.15) is 5.75 Å². The first kappa shape index (κ1) is 16.4. The molecule has 1 aromatic carbocycles. The minimum Gasteiger partial charge on any atom is -0.484 e. The fourth-order valence-electron chi connectivity index (χ4n) is 1.47. The van der Waals surface area contributed by atoms with Crippen molar-refractivity contribution in [3.63, 3.8) is 0 Å². The summed E-state index contributed by atoms with van der Waals surface area (Å²) in [5.41, 5.74) is 0.328. The minimum atomic E-state index is -0.558. The molecule has 0 amide bonds. The molecule has 0 atom stereocenters. The van der Waals surface area contributed by atoms with Gasteiger partial charge in [-0.1, -0.05) is 11.6 Å². The molecule has 0 aliphatic rings. The number of hydrogen-bond donors (Lipinski definition) is 0. The number of carbonyl (C=O) groups is 1. The van der Waals surface area contributed by atoms with E-state index in [9.17, 15) is 14.9 Å². The van der Waals surface area contributed by atoms with Gasteiger partial charge in [-0.25, -0.2) is 0 Å². The van der Waals surface area contributed by atoms with Crippen LogP contribution in [-0.4, -0.2) is 17.3 Å². The SMILES string of the molecule is O=C(COc1cc([N+](=O)[O-])ccc1Cl)c1cc(Br)sc1Br.